The lowest BCUT2D eigenvalue weighted by molar-refractivity contribution is 0.00370. The number of phenols is 1. The van der Waals surface area contributed by atoms with Crippen LogP contribution in [0.3, 0.4) is 0 Å². The van der Waals surface area contributed by atoms with E-state index < -0.39 is 67.7 Å². The fourth-order valence-electron chi connectivity index (χ4n) is 16.1. The predicted molar refractivity (Wildman–Crippen MR) is 492 cm³/mol. The molecule has 2 aliphatic heterocycles. The zero-order valence-corrected chi connectivity index (χ0v) is 76.5. The van der Waals surface area contributed by atoms with E-state index in [1.165, 1.54) is 0 Å². The van der Waals surface area contributed by atoms with E-state index in [4.69, 9.17) is 52.8 Å². The number of phenolic OH excluding ortho intramolecular Hbond substituents is 1. The highest BCUT2D eigenvalue weighted by atomic mass is 35.7. The maximum atomic E-state index is 13.6. The molecule has 2 fully saturated rings. The Bertz CT molecular complexity index is 5230. The van der Waals surface area contributed by atoms with Gasteiger partial charge in [0.25, 0.3) is 7.73 Å². The van der Waals surface area contributed by atoms with Gasteiger partial charge in [-0.15, -0.1) is 0 Å². The molecule has 0 saturated carbocycles. The summed E-state index contributed by atoms with van der Waals surface area (Å²) >= 11 is 6.70. The first-order valence-corrected chi connectivity index (χ1v) is 44.4. The maximum absolute atomic E-state index is 13.6. The summed E-state index contributed by atoms with van der Waals surface area (Å²) in [6.45, 7) is 44.4. The smallest absolute Gasteiger partial charge is 0.507 e. The van der Waals surface area contributed by atoms with E-state index >= 15 is 0 Å². The molecule has 2 heterocycles. The molecule has 121 heavy (non-hydrogen) atoms. The Labute approximate surface area is 724 Å². The van der Waals surface area contributed by atoms with E-state index in [9.17, 15) is 14.7 Å². The second kappa shape index (κ2) is 35.7. The van der Waals surface area contributed by atoms with Crippen LogP contribution in [-0.2, 0) is 71.6 Å². The highest BCUT2D eigenvalue weighted by molar-refractivity contribution is 7.76. The molecule has 0 bridgehead atoms. The fraction of sp³-hybridized carbons (Fsp3) is 0.302. The first kappa shape index (κ1) is 90.0. The van der Waals surface area contributed by atoms with Crippen molar-refractivity contribution in [3.05, 3.63) is 380 Å². The summed E-state index contributed by atoms with van der Waals surface area (Å²) < 4.78 is 59.3. The van der Waals surface area contributed by atoms with Crippen molar-refractivity contribution in [2.45, 2.75) is 208 Å². The number of rotatable bonds is 14. The summed E-state index contributed by atoms with van der Waals surface area (Å²) in [5.41, 5.74) is 11.0. The number of halogens is 1. The van der Waals surface area contributed by atoms with Crippen LogP contribution in [0.1, 0.15) is 214 Å². The van der Waals surface area contributed by atoms with Gasteiger partial charge < -0.3 is 37.6 Å². The number of carbonyl (C=O) groups excluding carboxylic acids is 2. The molecule has 2 aliphatic rings. The van der Waals surface area contributed by atoms with Crippen molar-refractivity contribution >= 4 is 39.9 Å². The van der Waals surface area contributed by atoms with E-state index in [1.807, 2.05) is 204 Å². The Morgan fingerprint density at radius 3 is 0.744 bits per heavy atom. The molecule has 628 valence electrons. The van der Waals surface area contributed by atoms with Gasteiger partial charge in [0.05, 0.1) is 0 Å². The Hall–Kier alpha value is -10.2. The summed E-state index contributed by atoms with van der Waals surface area (Å²) in [7, 11) is -3.85. The number of benzene rings is 12. The van der Waals surface area contributed by atoms with Crippen LogP contribution in [-0.4, -0.2) is 28.6 Å². The molecule has 12 nitrogen and oxygen atoms in total. The summed E-state index contributed by atoms with van der Waals surface area (Å²) in [6.07, 6.45) is -1.53. The lowest BCUT2D eigenvalue weighted by Gasteiger charge is -2.44. The van der Waals surface area contributed by atoms with Crippen LogP contribution in [0, 0.1) is 27.7 Å². The van der Waals surface area contributed by atoms with E-state index in [2.05, 4.69) is 218 Å². The molecule has 0 amide bonds. The molecule has 1 N–H and O–H groups in total. The van der Waals surface area contributed by atoms with Crippen LogP contribution < -0.4 is 14.0 Å². The topological polar surface area (TPSA) is 137 Å². The van der Waals surface area contributed by atoms with Crippen molar-refractivity contribution < 1.29 is 56.3 Å². The van der Waals surface area contributed by atoms with Crippen molar-refractivity contribution in [1.82, 2.24) is 0 Å². The second-order valence-electron chi connectivity index (χ2n) is 37.5. The van der Waals surface area contributed by atoms with Crippen LogP contribution in [0.25, 0.3) is 22.3 Å². The van der Waals surface area contributed by atoms with Gasteiger partial charge in [0.2, 0.25) is 0 Å². The first-order valence-electron chi connectivity index (χ1n) is 41.3. The highest BCUT2D eigenvalue weighted by Crippen LogP contribution is 2.73. The van der Waals surface area contributed by atoms with Gasteiger partial charge in [0, 0.05) is 44.5 Å². The SMILES string of the molecule is Cc1cc(-c2cc(C)cc(C(C)(C)C)c2OC(=O)OC(C)(C)C)c(O)c(C(C)(C)C)c1.Cc1cc(-c2cc(C)cc(C(C)(C)C)c2OP2OC(c3ccccc3)(c3ccccc3)C(c3ccccc3)(c3ccccc3)O2)c(OC(=O)OC(C)(C)C)c(C(C)(C)C)c1.ClP1OC(c2ccccc2)(c2ccccc2)C(c2ccccc2)(c2ccccc2)O1. The normalized spacial score (nSPS) is 15.2. The van der Waals surface area contributed by atoms with Crippen molar-refractivity contribution in [3.63, 3.8) is 0 Å². The average molecular weight is 1680 g/mol. The van der Waals surface area contributed by atoms with Crippen molar-refractivity contribution in [3.8, 4) is 45.3 Å². The quantitative estimate of drug-likeness (QED) is 0.0630. The molecule has 0 aliphatic carbocycles. The van der Waals surface area contributed by atoms with Gasteiger partial charge >= 0.3 is 20.9 Å². The van der Waals surface area contributed by atoms with E-state index in [-0.39, 0.29) is 22.0 Å². The zero-order valence-electron chi connectivity index (χ0n) is 73.9. The van der Waals surface area contributed by atoms with Gasteiger partial charge in [-0.3, -0.25) is 9.05 Å². The molecule has 0 unspecified atom stereocenters. The highest BCUT2D eigenvalue weighted by Gasteiger charge is 2.68. The lowest BCUT2D eigenvalue weighted by Crippen LogP contribution is -2.48. The molecule has 12 aromatic rings. The van der Waals surface area contributed by atoms with Gasteiger partial charge in [0.1, 0.15) is 34.2 Å². The fourth-order valence-corrected chi connectivity index (χ4v) is 19.5. The number of ether oxygens (including phenoxy) is 4. The molecule has 0 radical (unpaired) electrons. The van der Waals surface area contributed by atoms with Crippen LogP contribution >= 0.6 is 27.6 Å². The molecular weight excluding hydrogens is 1560 g/mol. The van der Waals surface area contributed by atoms with E-state index in [1.54, 1.807) is 20.8 Å². The number of hydrogen-bond acceptors (Lipinski definition) is 12. The summed E-state index contributed by atoms with van der Waals surface area (Å²) in [5.74, 6) is 1.64. The van der Waals surface area contributed by atoms with Crippen LogP contribution in [0.5, 0.6) is 23.0 Å². The van der Waals surface area contributed by atoms with E-state index in [0.29, 0.717) is 33.9 Å². The largest absolute Gasteiger partial charge is 0.514 e. The molecule has 0 aromatic heterocycles. The minimum Gasteiger partial charge on any atom is -0.507 e. The van der Waals surface area contributed by atoms with Gasteiger partial charge in [-0.25, -0.2) is 9.59 Å². The number of aryl methyl sites for hydroxylation is 4. The second-order valence-corrected chi connectivity index (χ2v) is 40.1. The molecule has 0 atom stereocenters. The molecule has 14 rings (SSSR count). The van der Waals surface area contributed by atoms with Crippen molar-refractivity contribution in [1.29, 1.82) is 0 Å². The summed E-state index contributed by atoms with van der Waals surface area (Å²) in [6, 6.07) is 98.5. The maximum Gasteiger partial charge on any atom is 0.514 e. The first-order chi connectivity index (χ1) is 57.0. The van der Waals surface area contributed by atoms with Crippen LogP contribution in [0.4, 0.5) is 9.59 Å². The number of carbonyl (C=O) groups is 2. The third-order valence-corrected chi connectivity index (χ3v) is 23.8. The molecule has 0 spiro atoms. The third kappa shape index (κ3) is 19.2. The Balaban J connectivity index is 0.000000184. The monoisotopic (exact) mass is 1680 g/mol. The standard InChI is InChI=1S/C53H57O6P.C27H38O4.C26H20ClO2P/c1-36-32-42(46(44(34-36)49(3,4)5)55-48(54)56-51(9,10)11)43-33-37(2)35-45(50(6,7)8)47(43)57-60-58-52(38-24-16-12-17-25-38,39-26-18-13-19-27-39)53(59-60,40-28-20-14-21-29-40)41-30-22-15-23-31-41;1-16-12-18(22(28)20(14-16)25(3,4)5)19-13-17(2)15-21(26(6,7)8)23(19)30-24(29)31-27(9,10)11;27-30-28-25(21-13-5-1-6-14-21,22-15-7-2-8-16-22)26(29-30,23-17-9-3-10-18-23)24-19-11-4-12-20-24/h12-35H,1-11H3;12-15,28H,1-11H3;1-20H. The van der Waals surface area contributed by atoms with Crippen LogP contribution in [0.2, 0.25) is 0 Å². The van der Waals surface area contributed by atoms with Gasteiger partial charge in [-0.2, -0.15) is 0 Å². The zero-order chi connectivity index (χ0) is 87.5. The van der Waals surface area contributed by atoms with E-state index in [0.717, 1.165) is 94.6 Å². The summed E-state index contributed by atoms with van der Waals surface area (Å²) in [5, 5.41) is 11.3. The summed E-state index contributed by atoms with van der Waals surface area (Å²) in [4.78, 5) is 26.2. The van der Waals surface area contributed by atoms with Gasteiger partial charge in [-0.1, -0.05) is 350 Å². The molecule has 15 heteroatoms. The lowest BCUT2D eigenvalue weighted by atomic mass is 9.66. The Morgan fingerprint density at radius 1 is 0.298 bits per heavy atom. The molecular formula is C106H115ClO12P2. The Kier molecular flexibility index (Phi) is 26.5. The molecule has 2 saturated heterocycles. The van der Waals surface area contributed by atoms with Gasteiger partial charge in [0.15, 0.2) is 22.4 Å². The van der Waals surface area contributed by atoms with Gasteiger partial charge in [-0.05, 0) is 193 Å². The minimum atomic E-state index is -2.19. The number of hydrogen-bond donors (Lipinski definition) is 1. The average Bonchev–Trinajstić information content (AvgIpc) is 1.54. The molecule has 12 aromatic carbocycles. The Morgan fingerprint density at radius 2 is 0.504 bits per heavy atom. The van der Waals surface area contributed by atoms with Crippen molar-refractivity contribution in [2.75, 3.05) is 0 Å². The predicted octanol–water partition coefficient (Wildman–Crippen LogP) is 29.4. The third-order valence-electron chi connectivity index (χ3n) is 21.4. The van der Waals surface area contributed by atoms with Crippen LogP contribution in [0.15, 0.2) is 291 Å². The number of aromatic hydroxyl groups is 1. The van der Waals surface area contributed by atoms with Crippen molar-refractivity contribution in [2.24, 2.45) is 0 Å². The minimum absolute atomic E-state index is 0.206.